The van der Waals surface area contributed by atoms with Gasteiger partial charge in [-0.3, -0.25) is 0 Å². The lowest BCUT2D eigenvalue weighted by molar-refractivity contribution is -0.698. The van der Waals surface area contributed by atoms with Crippen molar-refractivity contribution < 1.29 is 29.4 Å². The zero-order valence-electron chi connectivity index (χ0n) is 15.5. The fourth-order valence-corrected chi connectivity index (χ4v) is 4.36. The van der Waals surface area contributed by atoms with Gasteiger partial charge in [-0.05, 0) is 23.3 Å². The summed E-state index contributed by atoms with van der Waals surface area (Å²) in [5, 5.41) is 13.1. The molecule has 2 aromatic rings. The molecule has 2 aromatic carbocycles. The topological polar surface area (TPSA) is 73.8 Å². The summed E-state index contributed by atoms with van der Waals surface area (Å²) >= 11 is 0. The molecule has 4 rings (SSSR count). The van der Waals surface area contributed by atoms with E-state index in [2.05, 4.69) is 5.32 Å². The summed E-state index contributed by atoms with van der Waals surface area (Å²) in [6, 6.07) is 4.27. The number of methoxy groups -OCH3 is 4. The van der Waals surface area contributed by atoms with Gasteiger partial charge in [0, 0.05) is 29.5 Å². The zero-order valence-corrected chi connectivity index (χ0v) is 15.5. The lowest BCUT2D eigenvalue weighted by Gasteiger charge is -2.34. The van der Waals surface area contributed by atoms with Crippen LogP contribution in [0.5, 0.6) is 28.7 Å². The Kier molecular flexibility index (Phi) is 4.07. The molecule has 2 aliphatic rings. The molecule has 0 amide bonds. The second-order valence-corrected chi connectivity index (χ2v) is 6.63. The normalized spacial score (nSPS) is 17.2. The summed E-state index contributed by atoms with van der Waals surface area (Å²) in [6.07, 6.45) is 1.66. The number of fused-ring (bicyclic) bond motifs is 2. The van der Waals surface area contributed by atoms with Crippen LogP contribution in [0.15, 0.2) is 12.1 Å². The van der Waals surface area contributed by atoms with Crippen LogP contribution in [-0.2, 0) is 12.8 Å². The average Bonchev–Trinajstić information content (AvgIpc) is 2.68. The maximum Gasteiger partial charge on any atom is 0.204 e. The molecular weight excluding hydrogens is 334 g/mol. The van der Waals surface area contributed by atoms with Crippen molar-refractivity contribution in [2.24, 2.45) is 0 Å². The van der Waals surface area contributed by atoms with Crippen LogP contribution in [-0.4, -0.2) is 40.1 Å². The van der Waals surface area contributed by atoms with E-state index in [-0.39, 0.29) is 11.8 Å². The van der Waals surface area contributed by atoms with Crippen LogP contribution in [0.4, 0.5) is 0 Å². The van der Waals surface area contributed by atoms with Gasteiger partial charge in [-0.2, -0.15) is 0 Å². The SMILES string of the molecule is COc1cc2c(cc1OC)-c1c(OC)c(OC)c(O)c3c1[C@H](C2)[NH2+]CC3. The number of benzene rings is 2. The number of hydrogen-bond acceptors (Lipinski definition) is 5. The number of phenolic OH excluding ortho intramolecular Hbond substituents is 1. The van der Waals surface area contributed by atoms with Crippen LogP contribution in [0.25, 0.3) is 11.1 Å². The third-order valence-electron chi connectivity index (χ3n) is 5.47. The van der Waals surface area contributed by atoms with Crippen molar-refractivity contribution in [3.63, 3.8) is 0 Å². The van der Waals surface area contributed by atoms with Crippen molar-refractivity contribution in [2.45, 2.75) is 18.9 Å². The van der Waals surface area contributed by atoms with Gasteiger partial charge in [-0.25, -0.2) is 0 Å². The van der Waals surface area contributed by atoms with E-state index in [4.69, 9.17) is 18.9 Å². The smallest absolute Gasteiger partial charge is 0.204 e. The number of hydrogen-bond donors (Lipinski definition) is 2. The molecule has 0 fully saturated rings. The van der Waals surface area contributed by atoms with E-state index in [1.54, 1.807) is 28.4 Å². The zero-order chi connectivity index (χ0) is 18.4. The molecule has 0 bridgehead atoms. The molecule has 0 radical (unpaired) electrons. The Morgan fingerprint density at radius 2 is 1.65 bits per heavy atom. The second kappa shape index (κ2) is 6.29. The van der Waals surface area contributed by atoms with E-state index in [0.717, 1.165) is 47.4 Å². The van der Waals surface area contributed by atoms with Crippen LogP contribution in [0.1, 0.15) is 22.7 Å². The van der Waals surface area contributed by atoms with Crippen LogP contribution in [0.2, 0.25) is 0 Å². The van der Waals surface area contributed by atoms with E-state index in [0.29, 0.717) is 17.2 Å². The Labute approximate surface area is 152 Å². The van der Waals surface area contributed by atoms with Crippen LogP contribution in [0.3, 0.4) is 0 Å². The third kappa shape index (κ3) is 2.22. The number of nitrogens with two attached hydrogens (primary N) is 1. The molecule has 0 aromatic heterocycles. The van der Waals surface area contributed by atoms with E-state index >= 15 is 0 Å². The van der Waals surface area contributed by atoms with E-state index in [1.807, 2.05) is 12.1 Å². The highest BCUT2D eigenvalue weighted by Gasteiger charge is 2.39. The Balaban J connectivity index is 2.09. The highest BCUT2D eigenvalue weighted by atomic mass is 16.5. The first-order valence-electron chi connectivity index (χ1n) is 8.72. The maximum atomic E-state index is 10.8. The second-order valence-electron chi connectivity index (χ2n) is 6.63. The van der Waals surface area contributed by atoms with Gasteiger partial charge in [0.2, 0.25) is 5.75 Å². The van der Waals surface area contributed by atoms with Crippen molar-refractivity contribution in [1.29, 1.82) is 0 Å². The molecule has 0 unspecified atom stereocenters. The minimum absolute atomic E-state index is 0.199. The Bertz CT molecular complexity index is 877. The van der Waals surface area contributed by atoms with Gasteiger partial charge in [0.25, 0.3) is 0 Å². The molecule has 0 saturated carbocycles. The first kappa shape index (κ1) is 16.8. The number of rotatable bonds is 4. The minimum atomic E-state index is 0.199. The van der Waals surface area contributed by atoms with Crippen LogP contribution >= 0.6 is 0 Å². The Morgan fingerprint density at radius 3 is 2.31 bits per heavy atom. The Hall–Kier alpha value is -2.60. The number of aromatic hydroxyl groups is 1. The van der Waals surface area contributed by atoms with E-state index in [9.17, 15) is 5.11 Å². The average molecular weight is 358 g/mol. The summed E-state index contributed by atoms with van der Waals surface area (Å²) in [5.41, 5.74) is 5.31. The molecule has 1 aliphatic carbocycles. The molecular formula is C20H24NO5+. The monoisotopic (exact) mass is 358 g/mol. The highest BCUT2D eigenvalue weighted by molar-refractivity contribution is 5.86. The summed E-state index contributed by atoms with van der Waals surface area (Å²) in [6.45, 7) is 0.933. The third-order valence-corrected chi connectivity index (χ3v) is 5.47. The summed E-state index contributed by atoms with van der Waals surface area (Å²) < 4.78 is 22.2. The van der Waals surface area contributed by atoms with Gasteiger partial charge < -0.3 is 29.4 Å². The number of quaternary nitrogens is 1. The molecule has 138 valence electrons. The van der Waals surface area contributed by atoms with Crippen molar-refractivity contribution in [2.75, 3.05) is 35.0 Å². The molecule has 1 heterocycles. The summed E-state index contributed by atoms with van der Waals surface area (Å²) in [4.78, 5) is 0. The van der Waals surface area contributed by atoms with Gasteiger partial charge in [0.1, 0.15) is 6.04 Å². The predicted octanol–water partition coefficient (Wildman–Crippen LogP) is 1.81. The highest BCUT2D eigenvalue weighted by Crippen LogP contribution is 2.55. The van der Waals surface area contributed by atoms with Crippen LogP contribution < -0.4 is 24.3 Å². The quantitative estimate of drug-likeness (QED) is 0.872. The largest absolute Gasteiger partial charge is 0.504 e. The first-order chi connectivity index (χ1) is 12.6. The minimum Gasteiger partial charge on any atom is -0.504 e. The Morgan fingerprint density at radius 1 is 0.962 bits per heavy atom. The van der Waals surface area contributed by atoms with E-state index in [1.165, 1.54) is 5.56 Å². The maximum absolute atomic E-state index is 10.8. The molecule has 6 heteroatoms. The fourth-order valence-electron chi connectivity index (χ4n) is 4.36. The van der Waals surface area contributed by atoms with Gasteiger partial charge in [-0.1, -0.05) is 0 Å². The summed E-state index contributed by atoms with van der Waals surface area (Å²) in [7, 11) is 6.44. The lowest BCUT2D eigenvalue weighted by Crippen LogP contribution is -2.87. The molecule has 1 aliphatic heterocycles. The van der Waals surface area contributed by atoms with Crippen molar-refractivity contribution in [3.8, 4) is 39.9 Å². The molecule has 6 nitrogen and oxygen atoms in total. The van der Waals surface area contributed by atoms with Gasteiger partial charge in [0.05, 0.1) is 35.0 Å². The number of phenols is 1. The van der Waals surface area contributed by atoms with Crippen molar-refractivity contribution in [3.05, 3.63) is 28.8 Å². The molecule has 0 saturated heterocycles. The molecule has 3 N–H and O–H groups in total. The van der Waals surface area contributed by atoms with Crippen molar-refractivity contribution in [1.82, 2.24) is 0 Å². The molecule has 0 spiro atoms. The lowest BCUT2D eigenvalue weighted by atomic mass is 9.76. The summed E-state index contributed by atoms with van der Waals surface area (Å²) in [5.74, 6) is 2.55. The fraction of sp³-hybridized carbons (Fsp3) is 0.400. The predicted molar refractivity (Wildman–Crippen MR) is 96.7 cm³/mol. The standard InChI is InChI=1S/C20H23NO5/c1-23-14-8-10-7-13-16-11(5-6-21-13)18(22)20(26-4)19(25-3)17(16)12(10)9-15(14)24-2/h8-9,13,21-22H,5-7H2,1-4H3/p+1/t13-/m0/s1. The first-order valence-corrected chi connectivity index (χ1v) is 8.72. The molecule has 1 atom stereocenters. The number of ether oxygens (including phenoxy) is 4. The molecule has 26 heavy (non-hydrogen) atoms. The van der Waals surface area contributed by atoms with Gasteiger partial charge in [0.15, 0.2) is 23.0 Å². The van der Waals surface area contributed by atoms with Crippen molar-refractivity contribution >= 4 is 0 Å². The van der Waals surface area contributed by atoms with E-state index < -0.39 is 0 Å². The van der Waals surface area contributed by atoms with Gasteiger partial charge >= 0.3 is 0 Å². The van der Waals surface area contributed by atoms with Crippen LogP contribution in [0, 0.1) is 0 Å². The van der Waals surface area contributed by atoms with Gasteiger partial charge in [-0.15, -0.1) is 0 Å².